The lowest BCUT2D eigenvalue weighted by molar-refractivity contribution is -0.123. The predicted octanol–water partition coefficient (Wildman–Crippen LogP) is 2.19. The second kappa shape index (κ2) is 5.49. The van der Waals surface area contributed by atoms with E-state index in [9.17, 15) is 9.59 Å². The average Bonchev–Trinajstić information content (AvgIpc) is 2.48. The highest BCUT2D eigenvalue weighted by atomic mass is 35.5. The molecule has 2 N–H and O–H groups in total. The molecule has 106 valence electrons. The highest BCUT2D eigenvalue weighted by Gasteiger charge is 2.30. The molecule has 1 aromatic carbocycles. The number of hydrogen-bond acceptors (Lipinski definition) is 4. The van der Waals surface area contributed by atoms with Crippen LogP contribution < -0.4 is 10.6 Å². The summed E-state index contributed by atoms with van der Waals surface area (Å²) in [5.41, 5.74) is 1.45. The van der Waals surface area contributed by atoms with Gasteiger partial charge in [0.2, 0.25) is 11.8 Å². The minimum Gasteiger partial charge on any atom is -0.326 e. The fourth-order valence-corrected chi connectivity index (χ4v) is 2.34. The van der Waals surface area contributed by atoms with Crippen LogP contribution in [0.2, 0.25) is 5.15 Å². The summed E-state index contributed by atoms with van der Waals surface area (Å²) in [5, 5.41) is 13.1. The lowest BCUT2D eigenvalue weighted by Crippen LogP contribution is -2.31. The van der Waals surface area contributed by atoms with E-state index in [4.69, 9.17) is 11.6 Å². The molecule has 2 heterocycles. The van der Waals surface area contributed by atoms with Gasteiger partial charge >= 0.3 is 0 Å². The molecule has 2 aromatic rings. The van der Waals surface area contributed by atoms with E-state index in [1.807, 2.05) is 18.2 Å². The zero-order valence-electron chi connectivity index (χ0n) is 10.8. The summed E-state index contributed by atoms with van der Waals surface area (Å²) in [6.07, 6.45) is 0.101. The van der Waals surface area contributed by atoms with Gasteiger partial charge in [0.05, 0.1) is 5.92 Å². The SMILES string of the molecule is O=C1C[C@@H](C(=O)Nc2ccc(Cl)nn2)c2ccccc2N1. The Balaban J connectivity index is 1.84. The van der Waals surface area contributed by atoms with E-state index < -0.39 is 5.92 Å². The van der Waals surface area contributed by atoms with Gasteiger partial charge in [-0.2, -0.15) is 0 Å². The molecule has 0 aliphatic carbocycles. The highest BCUT2D eigenvalue weighted by Crippen LogP contribution is 2.32. The van der Waals surface area contributed by atoms with Crippen molar-refractivity contribution in [3.8, 4) is 0 Å². The number of anilines is 2. The number of benzene rings is 1. The molecule has 1 aliphatic rings. The van der Waals surface area contributed by atoms with Gasteiger partial charge in [-0.05, 0) is 23.8 Å². The Bertz CT molecular complexity index is 702. The normalized spacial score (nSPS) is 16.8. The first-order valence-corrected chi connectivity index (χ1v) is 6.70. The molecule has 3 rings (SSSR count). The van der Waals surface area contributed by atoms with E-state index in [0.717, 1.165) is 5.56 Å². The van der Waals surface area contributed by atoms with Gasteiger partial charge in [-0.15, -0.1) is 10.2 Å². The summed E-state index contributed by atoms with van der Waals surface area (Å²) in [4.78, 5) is 24.1. The van der Waals surface area contributed by atoms with Gasteiger partial charge in [0.25, 0.3) is 0 Å². The van der Waals surface area contributed by atoms with Crippen molar-refractivity contribution < 1.29 is 9.59 Å². The third kappa shape index (κ3) is 2.85. The van der Waals surface area contributed by atoms with E-state index in [1.165, 1.54) is 6.07 Å². The molecule has 0 saturated heterocycles. The van der Waals surface area contributed by atoms with Crippen molar-refractivity contribution in [1.29, 1.82) is 0 Å². The smallest absolute Gasteiger partial charge is 0.233 e. The van der Waals surface area contributed by atoms with E-state index in [1.54, 1.807) is 12.1 Å². The van der Waals surface area contributed by atoms with Gasteiger partial charge in [0, 0.05) is 12.1 Å². The summed E-state index contributed by atoms with van der Waals surface area (Å²) in [6, 6.07) is 10.3. The zero-order valence-corrected chi connectivity index (χ0v) is 11.6. The van der Waals surface area contributed by atoms with Gasteiger partial charge in [0.15, 0.2) is 11.0 Å². The van der Waals surface area contributed by atoms with Crippen molar-refractivity contribution in [3.05, 3.63) is 47.1 Å². The van der Waals surface area contributed by atoms with Crippen molar-refractivity contribution in [3.63, 3.8) is 0 Å². The molecule has 1 aliphatic heterocycles. The number of fused-ring (bicyclic) bond motifs is 1. The summed E-state index contributed by atoms with van der Waals surface area (Å²) >= 11 is 5.64. The number of aromatic nitrogens is 2. The van der Waals surface area contributed by atoms with Crippen LogP contribution in [0.5, 0.6) is 0 Å². The number of carbonyl (C=O) groups excluding carboxylic acids is 2. The maximum atomic E-state index is 12.4. The van der Waals surface area contributed by atoms with Crippen LogP contribution in [-0.4, -0.2) is 22.0 Å². The van der Waals surface area contributed by atoms with E-state index in [0.29, 0.717) is 11.5 Å². The molecule has 21 heavy (non-hydrogen) atoms. The topological polar surface area (TPSA) is 84.0 Å². The number of hydrogen-bond donors (Lipinski definition) is 2. The molecule has 1 atom stereocenters. The maximum Gasteiger partial charge on any atom is 0.233 e. The molecule has 0 spiro atoms. The molecular weight excluding hydrogens is 292 g/mol. The number of para-hydroxylation sites is 1. The molecule has 0 radical (unpaired) electrons. The van der Waals surface area contributed by atoms with E-state index in [2.05, 4.69) is 20.8 Å². The van der Waals surface area contributed by atoms with Crippen molar-refractivity contribution >= 4 is 34.9 Å². The van der Waals surface area contributed by atoms with Crippen molar-refractivity contribution in [2.24, 2.45) is 0 Å². The molecule has 0 fully saturated rings. The number of halogens is 1. The lowest BCUT2D eigenvalue weighted by Gasteiger charge is -2.24. The quantitative estimate of drug-likeness (QED) is 0.890. The second-order valence-corrected chi connectivity index (χ2v) is 5.01. The van der Waals surface area contributed by atoms with Crippen LogP contribution in [0, 0.1) is 0 Å². The number of amides is 2. The fraction of sp³-hybridized carbons (Fsp3) is 0.143. The Labute approximate surface area is 125 Å². The van der Waals surface area contributed by atoms with Crippen LogP contribution in [0.4, 0.5) is 11.5 Å². The number of nitrogens with zero attached hydrogens (tertiary/aromatic N) is 2. The predicted molar refractivity (Wildman–Crippen MR) is 78.1 cm³/mol. The number of nitrogens with one attached hydrogen (secondary N) is 2. The van der Waals surface area contributed by atoms with Crippen molar-refractivity contribution in [1.82, 2.24) is 10.2 Å². The van der Waals surface area contributed by atoms with Crippen molar-refractivity contribution in [2.45, 2.75) is 12.3 Å². The van der Waals surface area contributed by atoms with Gasteiger partial charge in [-0.1, -0.05) is 29.8 Å². The standard InChI is InChI=1S/C14H11ClN4O2/c15-11-5-6-12(19-18-11)17-14(21)9-7-13(20)16-10-4-2-1-3-8(9)10/h1-6,9H,7H2,(H,16,20)(H,17,19,21)/t9-/m1/s1. The molecular formula is C14H11ClN4O2. The fourth-order valence-electron chi connectivity index (χ4n) is 2.24. The van der Waals surface area contributed by atoms with Gasteiger partial charge < -0.3 is 10.6 Å². The first-order valence-electron chi connectivity index (χ1n) is 6.32. The van der Waals surface area contributed by atoms with Crippen LogP contribution in [0.1, 0.15) is 17.9 Å². The Morgan fingerprint density at radius 2 is 2.05 bits per heavy atom. The minimum atomic E-state index is -0.549. The van der Waals surface area contributed by atoms with Gasteiger partial charge in [-0.3, -0.25) is 9.59 Å². The Morgan fingerprint density at radius 3 is 2.81 bits per heavy atom. The largest absolute Gasteiger partial charge is 0.326 e. The molecule has 6 nitrogen and oxygen atoms in total. The van der Waals surface area contributed by atoms with Gasteiger partial charge in [-0.25, -0.2) is 0 Å². The zero-order chi connectivity index (χ0) is 14.8. The number of carbonyl (C=O) groups is 2. The first-order chi connectivity index (χ1) is 10.1. The third-order valence-electron chi connectivity index (χ3n) is 3.20. The molecule has 1 aromatic heterocycles. The van der Waals surface area contributed by atoms with Crippen LogP contribution in [0.3, 0.4) is 0 Å². The maximum absolute atomic E-state index is 12.4. The Hall–Kier alpha value is -2.47. The molecule has 2 amide bonds. The number of rotatable bonds is 2. The van der Waals surface area contributed by atoms with Crippen LogP contribution >= 0.6 is 11.6 Å². The average molecular weight is 303 g/mol. The summed E-state index contributed by atoms with van der Waals surface area (Å²) in [5.74, 6) is -0.731. The lowest BCUT2D eigenvalue weighted by atomic mass is 9.90. The van der Waals surface area contributed by atoms with Crippen LogP contribution in [-0.2, 0) is 9.59 Å². The molecule has 0 saturated carbocycles. The highest BCUT2D eigenvalue weighted by molar-refractivity contribution is 6.29. The van der Waals surface area contributed by atoms with Crippen LogP contribution in [0.15, 0.2) is 36.4 Å². The third-order valence-corrected chi connectivity index (χ3v) is 3.40. The van der Waals surface area contributed by atoms with E-state index in [-0.39, 0.29) is 23.4 Å². The monoisotopic (exact) mass is 302 g/mol. The summed E-state index contributed by atoms with van der Waals surface area (Å²) < 4.78 is 0. The van der Waals surface area contributed by atoms with Crippen molar-refractivity contribution in [2.75, 3.05) is 10.6 Å². The second-order valence-electron chi connectivity index (χ2n) is 4.62. The summed E-state index contributed by atoms with van der Waals surface area (Å²) in [7, 11) is 0. The van der Waals surface area contributed by atoms with E-state index >= 15 is 0 Å². The minimum absolute atomic E-state index is 0.101. The van der Waals surface area contributed by atoms with Crippen LogP contribution in [0.25, 0.3) is 0 Å². The molecule has 0 bridgehead atoms. The van der Waals surface area contributed by atoms with Gasteiger partial charge in [0.1, 0.15) is 0 Å². The Morgan fingerprint density at radius 1 is 1.24 bits per heavy atom. The summed E-state index contributed by atoms with van der Waals surface area (Å²) in [6.45, 7) is 0. The Kier molecular flexibility index (Phi) is 3.53. The molecule has 0 unspecified atom stereocenters. The molecule has 7 heteroatoms. The first kappa shape index (κ1) is 13.5.